The summed E-state index contributed by atoms with van der Waals surface area (Å²) in [4.78, 5) is 4.85. The first kappa shape index (κ1) is 19.5. The third-order valence-electron chi connectivity index (χ3n) is 11.2. The lowest BCUT2D eigenvalue weighted by Gasteiger charge is -2.62. The first-order chi connectivity index (χ1) is 13.7. The van der Waals surface area contributed by atoms with E-state index in [0.717, 1.165) is 44.2 Å². The summed E-state index contributed by atoms with van der Waals surface area (Å²) in [6.07, 6.45) is 10.7. The van der Waals surface area contributed by atoms with Gasteiger partial charge in [-0.2, -0.15) is 0 Å². The second-order valence-electron chi connectivity index (χ2n) is 12.7. The summed E-state index contributed by atoms with van der Waals surface area (Å²) in [5.74, 6) is 3.03. The fourth-order valence-electron chi connectivity index (χ4n) is 9.08. The smallest absolute Gasteiger partial charge is 0.0830 e. The molecule has 4 heteroatoms. The van der Waals surface area contributed by atoms with Crippen molar-refractivity contribution in [3.05, 3.63) is 0 Å². The maximum absolute atomic E-state index is 11.7. The molecule has 0 aromatic heterocycles. The van der Waals surface area contributed by atoms with Crippen molar-refractivity contribution < 1.29 is 10.2 Å². The molecule has 2 heterocycles. The van der Waals surface area contributed by atoms with Gasteiger partial charge >= 0.3 is 0 Å². The topological polar surface area (TPSA) is 46.5 Å². The van der Waals surface area contributed by atoms with Crippen LogP contribution >= 0.6 is 0 Å². The van der Waals surface area contributed by atoms with Gasteiger partial charge in [0.1, 0.15) is 0 Å². The van der Waals surface area contributed by atoms with Crippen molar-refractivity contribution in [1.29, 1.82) is 0 Å². The van der Waals surface area contributed by atoms with E-state index in [1.165, 1.54) is 64.7 Å². The van der Waals surface area contributed by atoms with Crippen molar-refractivity contribution in [3.8, 4) is 0 Å². The van der Waals surface area contributed by atoms with Crippen LogP contribution in [0.15, 0.2) is 0 Å². The number of hydrogen-bond acceptors (Lipinski definition) is 4. The molecule has 6 aliphatic rings. The van der Waals surface area contributed by atoms with Crippen LogP contribution in [0.1, 0.15) is 71.6 Å². The van der Waals surface area contributed by atoms with Crippen LogP contribution in [0.4, 0.5) is 0 Å². The predicted molar refractivity (Wildman–Crippen MR) is 115 cm³/mol. The molecule has 4 aliphatic carbocycles. The first-order valence-corrected chi connectivity index (χ1v) is 12.6. The average Bonchev–Trinajstić information content (AvgIpc) is 3.59. The zero-order chi connectivity index (χ0) is 20.1. The molecule has 8 atom stereocenters. The molecule has 6 rings (SSSR count). The summed E-state index contributed by atoms with van der Waals surface area (Å²) in [6.45, 7) is 11.6. The van der Waals surface area contributed by atoms with Gasteiger partial charge < -0.3 is 10.2 Å². The minimum absolute atomic E-state index is 0.120. The number of aliphatic hydroxyl groups is 2. The average molecular weight is 403 g/mol. The summed E-state index contributed by atoms with van der Waals surface area (Å²) in [5.41, 5.74) is -0.351. The van der Waals surface area contributed by atoms with Crippen LogP contribution in [-0.2, 0) is 0 Å². The van der Waals surface area contributed by atoms with E-state index in [2.05, 4.69) is 23.6 Å². The molecule has 0 unspecified atom stereocenters. The lowest BCUT2D eigenvalue weighted by Crippen LogP contribution is -2.59. The number of fused-ring (bicyclic) bond motifs is 5. The van der Waals surface area contributed by atoms with Crippen molar-refractivity contribution in [2.75, 3.05) is 39.3 Å². The summed E-state index contributed by atoms with van der Waals surface area (Å²) >= 11 is 0. The van der Waals surface area contributed by atoms with Crippen LogP contribution in [0, 0.1) is 34.5 Å². The molecule has 6 fully saturated rings. The lowest BCUT2D eigenvalue weighted by molar-refractivity contribution is -0.172. The van der Waals surface area contributed by atoms with Gasteiger partial charge in [-0.05, 0) is 86.9 Å². The molecule has 2 N–H and O–H groups in total. The highest BCUT2D eigenvalue weighted by atomic mass is 16.3. The zero-order valence-electron chi connectivity index (χ0n) is 18.7. The Morgan fingerprint density at radius 1 is 0.759 bits per heavy atom. The quantitative estimate of drug-likeness (QED) is 0.710. The Balaban J connectivity index is 1.22. The molecule has 29 heavy (non-hydrogen) atoms. The molecule has 2 saturated heterocycles. The Labute approximate surface area is 177 Å². The van der Waals surface area contributed by atoms with E-state index in [1.807, 2.05) is 0 Å². The third-order valence-corrected chi connectivity index (χ3v) is 11.2. The Morgan fingerprint density at radius 2 is 1.45 bits per heavy atom. The monoisotopic (exact) mass is 402 g/mol. The fraction of sp³-hybridized carbons (Fsp3) is 1.00. The summed E-state index contributed by atoms with van der Waals surface area (Å²) < 4.78 is 0. The van der Waals surface area contributed by atoms with Gasteiger partial charge in [0.05, 0.1) is 11.2 Å². The van der Waals surface area contributed by atoms with Crippen molar-refractivity contribution >= 4 is 0 Å². The molecular formula is C25H42N2O2. The number of hydrogen-bond donors (Lipinski definition) is 2. The molecular weight excluding hydrogens is 360 g/mol. The zero-order valence-corrected chi connectivity index (χ0v) is 18.7. The SMILES string of the molecule is C[C@]12CC[C@@](O)(CN3CC3)C[C@@H]1CC[C@@H]1[C@H]2CC[C@@]2(C)[C@H]1CC[C@@]2(O)CN1CC1. The number of rotatable bonds is 4. The van der Waals surface area contributed by atoms with Crippen molar-refractivity contribution in [2.24, 2.45) is 34.5 Å². The second kappa shape index (κ2) is 6.21. The number of β-amino-alcohol motifs (C(OH)–C–C–N with tert-alkyl or cyclic N) is 2. The van der Waals surface area contributed by atoms with E-state index >= 15 is 0 Å². The van der Waals surface area contributed by atoms with Crippen LogP contribution in [0.2, 0.25) is 0 Å². The Bertz CT molecular complexity index is 678. The maximum Gasteiger partial charge on any atom is 0.0830 e. The minimum Gasteiger partial charge on any atom is -0.389 e. The fourth-order valence-corrected chi connectivity index (χ4v) is 9.08. The molecule has 0 aromatic carbocycles. The van der Waals surface area contributed by atoms with Gasteiger partial charge in [-0.25, -0.2) is 0 Å². The summed E-state index contributed by atoms with van der Waals surface area (Å²) in [7, 11) is 0. The molecule has 0 radical (unpaired) electrons. The molecule has 0 bridgehead atoms. The maximum atomic E-state index is 11.7. The van der Waals surface area contributed by atoms with E-state index < -0.39 is 11.2 Å². The van der Waals surface area contributed by atoms with Gasteiger partial charge in [-0.1, -0.05) is 13.8 Å². The van der Waals surface area contributed by atoms with E-state index in [9.17, 15) is 10.2 Å². The highest BCUT2D eigenvalue weighted by molar-refractivity contribution is 5.16. The first-order valence-electron chi connectivity index (χ1n) is 12.6. The Kier molecular flexibility index (Phi) is 4.18. The highest BCUT2D eigenvalue weighted by Gasteiger charge is 2.65. The molecule has 0 aromatic rings. The summed E-state index contributed by atoms with van der Waals surface area (Å²) in [5, 5.41) is 23.0. The lowest BCUT2D eigenvalue weighted by atomic mass is 9.43. The Morgan fingerprint density at radius 3 is 2.17 bits per heavy atom. The van der Waals surface area contributed by atoms with Crippen LogP contribution < -0.4 is 0 Å². The highest BCUT2D eigenvalue weighted by Crippen LogP contribution is 2.68. The van der Waals surface area contributed by atoms with E-state index in [4.69, 9.17) is 0 Å². The normalized spacial score (nSPS) is 57.1. The number of nitrogens with zero attached hydrogens (tertiary/aromatic N) is 2. The van der Waals surface area contributed by atoms with Gasteiger partial charge in [-0.15, -0.1) is 0 Å². The second-order valence-corrected chi connectivity index (χ2v) is 12.7. The predicted octanol–water partition coefficient (Wildman–Crippen LogP) is 3.12. The van der Waals surface area contributed by atoms with Crippen molar-refractivity contribution in [2.45, 2.75) is 82.8 Å². The van der Waals surface area contributed by atoms with Gasteiger partial charge in [0, 0.05) is 44.7 Å². The molecule has 0 amide bonds. The third kappa shape index (κ3) is 2.92. The van der Waals surface area contributed by atoms with Crippen molar-refractivity contribution in [3.63, 3.8) is 0 Å². The van der Waals surface area contributed by atoms with Gasteiger partial charge in [-0.3, -0.25) is 9.80 Å². The van der Waals surface area contributed by atoms with Gasteiger partial charge in [0.15, 0.2) is 0 Å². The molecule has 4 nitrogen and oxygen atoms in total. The molecule has 2 aliphatic heterocycles. The molecule has 4 saturated carbocycles. The Hall–Kier alpha value is -0.160. The standard InChI is InChI=1S/C25H42N2O2/c1-22-9-10-24(28,16-26-11-12-26)15-18(22)3-4-19-20(22)5-7-23(2)21(19)6-8-25(23,29)17-27-13-14-27/h18-21,28-29H,3-17H2,1-2H3/t18-,19+,20+,21-,22-,23-,24-,25+/m0/s1. The van der Waals surface area contributed by atoms with E-state index in [0.29, 0.717) is 17.3 Å². The van der Waals surface area contributed by atoms with Gasteiger partial charge in [0.2, 0.25) is 0 Å². The molecule has 164 valence electrons. The molecule has 0 spiro atoms. The minimum atomic E-state index is -0.456. The van der Waals surface area contributed by atoms with Crippen LogP contribution in [0.5, 0.6) is 0 Å². The van der Waals surface area contributed by atoms with E-state index in [-0.39, 0.29) is 5.41 Å². The van der Waals surface area contributed by atoms with E-state index in [1.54, 1.807) is 0 Å². The van der Waals surface area contributed by atoms with Crippen LogP contribution in [0.25, 0.3) is 0 Å². The van der Waals surface area contributed by atoms with Crippen LogP contribution in [-0.4, -0.2) is 70.5 Å². The van der Waals surface area contributed by atoms with Crippen LogP contribution in [0.3, 0.4) is 0 Å². The summed E-state index contributed by atoms with van der Waals surface area (Å²) in [6, 6.07) is 0. The largest absolute Gasteiger partial charge is 0.389 e. The van der Waals surface area contributed by atoms with Gasteiger partial charge in [0.25, 0.3) is 0 Å². The van der Waals surface area contributed by atoms with Crippen molar-refractivity contribution in [1.82, 2.24) is 9.80 Å².